The molecule has 0 spiro atoms. The SMILES string of the molecule is O=C(NNS(=O)(=O)/C=C/c1ccc([N+](=O)[O-])cc1)c1ccccc1. The van der Waals surface area contributed by atoms with Crippen LogP contribution in [0.1, 0.15) is 15.9 Å². The highest BCUT2D eigenvalue weighted by atomic mass is 32.2. The number of hydrazine groups is 1. The van der Waals surface area contributed by atoms with Crippen molar-refractivity contribution >= 4 is 27.7 Å². The van der Waals surface area contributed by atoms with Crippen LogP contribution in [0.3, 0.4) is 0 Å². The van der Waals surface area contributed by atoms with Crippen molar-refractivity contribution in [2.24, 2.45) is 0 Å². The van der Waals surface area contributed by atoms with Gasteiger partial charge in [0.15, 0.2) is 0 Å². The van der Waals surface area contributed by atoms with Crippen LogP contribution in [0.25, 0.3) is 6.08 Å². The second-order valence-electron chi connectivity index (χ2n) is 4.62. The predicted molar refractivity (Wildman–Crippen MR) is 88.1 cm³/mol. The van der Waals surface area contributed by atoms with Crippen LogP contribution in [0.5, 0.6) is 0 Å². The summed E-state index contributed by atoms with van der Waals surface area (Å²) in [6, 6.07) is 13.4. The van der Waals surface area contributed by atoms with E-state index in [2.05, 4.69) is 5.43 Å². The number of carbonyl (C=O) groups is 1. The second kappa shape index (κ2) is 7.49. The quantitative estimate of drug-likeness (QED) is 0.610. The number of nitrogens with zero attached hydrogens (tertiary/aromatic N) is 1. The van der Waals surface area contributed by atoms with Gasteiger partial charge < -0.3 is 0 Å². The Balaban J connectivity index is 1.98. The van der Waals surface area contributed by atoms with Gasteiger partial charge in [-0.2, -0.15) is 0 Å². The average Bonchev–Trinajstić information content (AvgIpc) is 2.59. The number of amides is 1. The molecule has 0 radical (unpaired) electrons. The Bertz CT molecular complexity index is 862. The summed E-state index contributed by atoms with van der Waals surface area (Å²) >= 11 is 0. The van der Waals surface area contributed by atoms with Gasteiger partial charge >= 0.3 is 0 Å². The molecule has 0 aromatic heterocycles. The smallest absolute Gasteiger partial charge is 0.269 e. The van der Waals surface area contributed by atoms with Gasteiger partial charge in [-0.1, -0.05) is 18.2 Å². The Morgan fingerprint density at radius 3 is 2.25 bits per heavy atom. The fourth-order valence-corrected chi connectivity index (χ4v) is 2.33. The van der Waals surface area contributed by atoms with Gasteiger partial charge in [-0.25, -0.2) is 8.42 Å². The molecule has 0 aliphatic rings. The molecule has 8 nitrogen and oxygen atoms in total. The average molecular weight is 347 g/mol. The van der Waals surface area contributed by atoms with Crippen LogP contribution in [0, 0.1) is 10.1 Å². The topological polar surface area (TPSA) is 118 Å². The number of benzene rings is 2. The van der Waals surface area contributed by atoms with Crippen LogP contribution < -0.4 is 10.3 Å². The fraction of sp³-hybridized carbons (Fsp3) is 0. The molecule has 2 aromatic rings. The molecule has 0 saturated heterocycles. The Hall–Kier alpha value is -3.04. The van der Waals surface area contributed by atoms with E-state index in [-0.39, 0.29) is 5.69 Å². The van der Waals surface area contributed by atoms with Crippen molar-refractivity contribution in [2.75, 3.05) is 0 Å². The Labute approximate surface area is 138 Å². The van der Waals surface area contributed by atoms with E-state index in [9.17, 15) is 23.3 Å². The van der Waals surface area contributed by atoms with E-state index in [0.717, 1.165) is 5.41 Å². The number of carbonyl (C=O) groups excluding carboxylic acids is 1. The number of nitro groups is 1. The molecule has 0 fully saturated rings. The molecule has 2 rings (SSSR count). The standard InChI is InChI=1S/C15H13N3O5S/c19-15(13-4-2-1-3-5-13)16-17-24(22,23)11-10-12-6-8-14(9-7-12)18(20)21/h1-11,17H,(H,16,19)/b11-10+. The monoisotopic (exact) mass is 347 g/mol. The third-order valence-electron chi connectivity index (χ3n) is 2.89. The first kappa shape index (κ1) is 17.3. The first-order valence-electron chi connectivity index (χ1n) is 6.67. The number of nitro benzene ring substituents is 1. The maximum absolute atomic E-state index is 11.8. The van der Waals surface area contributed by atoms with E-state index in [1.54, 1.807) is 18.2 Å². The zero-order chi connectivity index (χ0) is 17.6. The van der Waals surface area contributed by atoms with E-state index in [4.69, 9.17) is 0 Å². The number of non-ortho nitro benzene ring substituents is 1. The summed E-state index contributed by atoms with van der Waals surface area (Å²) in [4.78, 5) is 23.7. The van der Waals surface area contributed by atoms with Crippen LogP contribution in [-0.2, 0) is 10.0 Å². The number of rotatable bonds is 6. The lowest BCUT2D eigenvalue weighted by Crippen LogP contribution is -2.40. The van der Waals surface area contributed by atoms with Gasteiger partial charge in [0.2, 0.25) is 0 Å². The molecule has 0 heterocycles. The molecule has 1 amide bonds. The second-order valence-corrected chi connectivity index (χ2v) is 6.18. The normalized spacial score (nSPS) is 11.3. The lowest BCUT2D eigenvalue weighted by molar-refractivity contribution is -0.384. The van der Waals surface area contributed by atoms with Crippen molar-refractivity contribution < 1.29 is 18.1 Å². The molecular formula is C15H13N3O5S. The van der Waals surface area contributed by atoms with E-state index >= 15 is 0 Å². The molecule has 24 heavy (non-hydrogen) atoms. The Morgan fingerprint density at radius 1 is 1.04 bits per heavy atom. The van der Waals surface area contributed by atoms with Gasteiger partial charge in [0, 0.05) is 23.1 Å². The highest BCUT2D eigenvalue weighted by Crippen LogP contribution is 2.13. The van der Waals surface area contributed by atoms with Crippen molar-refractivity contribution in [3.63, 3.8) is 0 Å². The van der Waals surface area contributed by atoms with Crippen molar-refractivity contribution in [2.45, 2.75) is 0 Å². The molecule has 9 heteroatoms. The Morgan fingerprint density at radius 2 is 1.67 bits per heavy atom. The first-order valence-corrected chi connectivity index (χ1v) is 8.22. The minimum atomic E-state index is -3.91. The number of hydrogen-bond donors (Lipinski definition) is 2. The van der Waals surface area contributed by atoms with Gasteiger partial charge in [-0.3, -0.25) is 20.3 Å². The van der Waals surface area contributed by atoms with Crippen LogP contribution >= 0.6 is 0 Å². The summed E-state index contributed by atoms with van der Waals surface area (Å²) in [6.07, 6.45) is 1.25. The summed E-state index contributed by atoms with van der Waals surface area (Å²) in [5.74, 6) is -0.595. The minimum absolute atomic E-state index is 0.0942. The third kappa shape index (κ3) is 5.00. The zero-order valence-corrected chi connectivity index (χ0v) is 13.1. The molecular weight excluding hydrogens is 334 g/mol. The van der Waals surface area contributed by atoms with Gasteiger partial charge in [-0.15, -0.1) is 4.83 Å². The number of nitrogens with one attached hydrogen (secondary N) is 2. The number of hydrogen-bond acceptors (Lipinski definition) is 5. The molecule has 0 bridgehead atoms. The molecule has 2 N–H and O–H groups in total. The molecule has 0 aliphatic heterocycles. The lowest BCUT2D eigenvalue weighted by atomic mass is 10.2. The summed E-state index contributed by atoms with van der Waals surface area (Å²) in [5, 5.41) is 11.4. The fourth-order valence-electron chi connectivity index (χ4n) is 1.69. The van der Waals surface area contributed by atoms with E-state index < -0.39 is 20.9 Å². The number of sulfonamides is 1. The van der Waals surface area contributed by atoms with Crippen LogP contribution in [0.4, 0.5) is 5.69 Å². The van der Waals surface area contributed by atoms with Gasteiger partial charge in [0.05, 0.1) is 4.92 Å². The molecule has 0 atom stereocenters. The van der Waals surface area contributed by atoms with E-state index in [1.807, 2.05) is 4.83 Å². The van der Waals surface area contributed by atoms with Crippen LogP contribution in [-0.4, -0.2) is 19.2 Å². The minimum Gasteiger partial charge on any atom is -0.274 e. The molecule has 2 aromatic carbocycles. The molecule has 0 saturated carbocycles. The maximum atomic E-state index is 11.8. The summed E-state index contributed by atoms with van der Waals surface area (Å²) < 4.78 is 23.6. The molecule has 0 unspecified atom stereocenters. The largest absolute Gasteiger partial charge is 0.274 e. The summed E-state index contributed by atoms with van der Waals surface area (Å²) in [7, 11) is -3.91. The first-order chi connectivity index (χ1) is 11.4. The van der Waals surface area contributed by atoms with Gasteiger partial charge in [-0.05, 0) is 35.9 Å². The Kier molecular flexibility index (Phi) is 5.40. The highest BCUT2D eigenvalue weighted by molar-refractivity contribution is 7.92. The van der Waals surface area contributed by atoms with Crippen LogP contribution in [0.15, 0.2) is 60.0 Å². The summed E-state index contributed by atoms with van der Waals surface area (Å²) in [6.45, 7) is 0. The lowest BCUT2D eigenvalue weighted by Gasteiger charge is -2.05. The van der Waals surface area contributed by atoms with E-state index in [1.165, 1.54) is 42.5 Å². The molecule has 124 valence electrons. The van der Waals surface area contributed by atoms with Crippen molar-refractivity contribution in [3.8, 4) is 0 Å². The third-order valence-corrected chi connectivity index (χ3v) is 3.77. The van der Waals surface area contributed by atoms with Gasteiger partial charge in [0.25, 0.3) is 21.6 Å². The van der Waals surface area contributed by atoms with Crippen molar-refractivity contribution in [1.82, 2.24) is 10.3 Å². The van der Waals surface area contributed by atoms with Gasteiger partial charge in [0.1, 0.15) is 0 Å². The van der Waals surface area contributed by atoms with Crippen molar-refractivity contribution in [3.05, 3.63) is 81.2 Å². The van der Waals surface area contributed by atoms with Crippen molar-refractivity contribution in [1.29, 1.82) is 0 Å². The zero-order valence-electron chi connectivity index (χ0n) is 12.2. The highest BCUT2D eigenvalue weighted by Gasteiger charge is 2.09. The molecule has 0 aliphatic carbocycles. The predicted octanol–water partition coefficient (Wildman–Crippen LogP) is 1.83. The summed E-state index contributed by atoms with van der Waals surface area (Å²) in [5.41, 5.74) is 2.75. The van der Waals surface area contributed by atoms with E-state index in [0.29, 0.717) is 11.1 Å². The maximum Gasteiger partial charge on any atom is 0.269 e. The van der Waals surface area contributed by atoms with Crippen LogP contribution in [0.2, 0.25) is 0 Å².